The smallest absolute Gasteiger partial charge is 0.217 e. The van der Waals surface area contributed by atoms with Crippen LogP contribution in [0.1, 0.15) is 29.7 Å². The van der Waals surface area contributed by atoms with Crippen molar-refractivity contribution in [2.24, 2.45) is 5.92 Å². The summed E-state index contributed by atoms with van der Waals surface area (Å²) in [5, 5.41) is 2.07. The summed E-state index contributed by atoms with van der Waals surface area (Å²) in [5.41, 5.74) is 3.57. The number of ether oxygens (including phenoxy) is 1. The largest absolute Gasteiger partial charge is 0.477 e. The van der Waals surface area contributed by atoms with E-state index in [1.54, 1.807) is 11.3 Å². The highest BCUT2D eigenvalue weighted by atomic mass is 32.1. The van der Waals surface area contributed by atoms with Gasteiger partial charge in [0, 0.05) is 49.6 Å². The van der Waals surface area contributed by atoms with Crippen molar-refractivity contribution in [3.05, 3.63) is 58.9 Å². The van der Waals surface area contributed by atoms with Crippen molar-refractivity contribution in [3.8, 4) is 16.6 Å². The standard InChI is InChI=1S/C21H22N4OS/c1-3-16(21(22-8-1)26-14-15-5-6-15)12-25-9-7-18-17(13-25)11-23-20(24-18)19-4-2-10-27-19/h1-4,8,10-11,15H,5-7,9,12-14H2. The summed E-state index contributed by atoms with van der Waals surface area (Å²) in [4.78, 5) is 17.4. The first-order valence-corrected chi connectivity index (χ1v) is 10.4. The van der Waals surface area contributed by atoms with Crippen LogP contribution in [0, 0.1) is 5.92 Å². The highest BCUT2D eigenvalue weighted by molar-refractivity contribution is 7.13. The summed E-state index contributed by atoms with van der Waals surface area (Å²) >= 11 is 1.69. The summed E-state index contributed by atoms with van der Waals surface area (Å²) < 4.78 is 5.97. The van der Waals surface area contributed by atoms with Crippen molar-refractivity contribution in [1.82, 2.24) is 19.9 Å². The van der Waals surface area contributed by atoms with Crippen molar-refractivity contribution >= 4 is 11.3 Å². The molecular weight excluding hydrogens is 356 g/mol. The Hall–Kier alpha value is -2.31. The van der Waals surface area contributed by atoms with Gasteiger partial charge in [-0.15, -0.1) is 11.3 Å². The number of hydrogen-bond donors (Lipinski definition) is 0. The normalized spacial score (nSPS) is 16.9. The van der Waals surface area contributed by atoms with Gasteiger partial charge in [0.2, 0.25) is 5.88 Å². The Bertz CT molecular complexity index is 924. The highest BCUT2D eigenvalue weighted by Crippen LogP contribution is 2.30. The molecule has 27 heavy (non-hydrogen) atoms. The van der Waals surface area contributed by atoms with E-state index in [1.807, 2.05) is 24.5 Å². The molecule has 0 spiro atoms. The maximum Gasteiger partial charge on any atom is 0.217 e. The van der Waals surface area contributed by atoms with Gasteiger partial charge in [0.25, 0.3) is 0 Å². The first-order valence-electron chi connectivity index (χ1n) is 9.53. The van der Waals surface area contributed by atoms with E-state index >= 15 is 0 Å². The van der Waals surface area contributed by atoms with Crippen LogP contribution in [0.3, 0.4) is 0 Å². The van der Waals surface area contributed by atoms with Crippen LogP contribution >= 0.6 is 11.3 Å². The van der Waals surface area contributed by atoms with Gasteiger partial charge < -0.3 is 4.74 Å². The Kier molecular flexibility index (Phi) is 4.59. The molecular formula is C21H22N4OS. The van der Waals surface area contributed by atoms with Gasteiger partial charge in [0.15, 0.2) is 5.82 Å². The first kappa shape index (κ1) is 16.8. The molecule has 138 valence electrons. The minimum atomic E-state index is 0.733. The van der Waals surface area contributed by atoms with Gasteiger partial charge >= 0.3 is 0 Å². The Labute approximate surface area is 163 Å². The quantitative estimate of drug-likeness (QED) is 0.650. The molecule has 2 aliphatic rings. The topological polar surface area (TPSA) is 51.1 Å². The SMILES string of the molecule is c1csc(-c2ncc3c(n2)CCN(Cc2cccnc2OCC2CC2)C3)c1. The highest BCUT2D eigenvalue weighted by Gasteiger charge is 2.24. The van der Waals surface area contributed by atoms with E-state index in [0.717, 1.165) is 60.7 Å². The molecule has 5 rings (SSSR count). The first-order chi connectivity index (χ1) is 13.3. The van der Waals surface area contributed by atoms with Gasteiger partial charge in [-0.05, 0) is 36.3 Å². The van der Waals surface area contributed by atoms with E-state index in [1.165, 1.54) is 24.1 Å². The summed E-state index contributed by atoms with van der Waals surface area (Å²) in [6.45, 7) is 3.51. The minimum absolute atomic E-state index is 0.733. The second kappa shape index (κ2) is 7.37. The molecule has 0 saturated heterocycles. The molecule has 3 aromatic heterocycles. The van der Waals surface area contributed by atoms with E-state index in [2.05, 4.69) is 32.4 Å². The summed E-state index contributed by atoms with van der Waals surface area (Å²) in [5.74, 6) is 2.37. The predicted octanol–water partition coefficient (Wildman–Crippen LogP) is 3.95. The van der Waals surface area contributed by atoms with E-state index in [9.17, 15) is 0 Å². The van der Waals surface area contributed by atoms with Crippen LogP contribution < -0.4 is 4.74 Å². The number of thiophene rings is 1. The molecule has 3 aromatic rings. The zero-order valence-corrected chi connectivity index (χ0v) is 16.0. The maximum absolute atomic E-state index is 5.97. The zero-order valence-electron chi connectivity index (χ0n) is 15.2. The number of aromatic nitrogens is 3. The molecule has 5 nitrogen and oxygen atoms in total. The van der Waals surface area contributed by atoms with Crippen molar-refractivity contribution < 1.29 is 4.74 Å². The predicted molar refractivity (Wildman–Crippen MR) is 106 cm³/mol. The second-order valence-corrected chi connectivity index (χ2v) is 8.27. The molecule has 0 N–H and O–H groups in total. The fraction of sp³-hybridized carbons (Fsp3) is 0.381. The molecule has 6 heteroatoms. The van der Waals surface area contributed by atoms with Crippen molar-refractivity contribution in [2.45, 2.75) is 32.4 Å². The average Bonchev–Trinajstić information content (AvgIpc) is 3.37. The molecule has 4 heterocycles. The average molecular weight is 379 g/mol. The molecule has 0 amide bonds. The molecule has 1 fully saturated rings. The Morgan fingerprint density at radius 2 is 2.15 bits per heavy atom. The lowest BCUT2D eigenvalue weighted by Gasteiger charge is -2.28. The van der Waals surface area contributed by atoms with Crippen LogP contribution in [0.15, 0.2) is 42.0 Å². The van der Waals surface area contributed by atoms with Gasteiger partial charge in [-0.1, -0.05) is 12.1 Å². The lowest BCUT2D eigenvalue weighted by molar-refractivity contribution is 0.231. The van der Waals surface area contributed by atoms with Crippen molar-refractivity contribution in [1.29, 1.82) is 0 Å². The third-order valence-electron chi connectivity index (χ3n) is 5.15. The van der Waals surface area contributed by atoms with Crippen LogP contribution in [0.4, 0.5) is 0 Å². The number of fused-ring (bicyclic) bond motifs is 1. The van der Waals surface area contributed by atoms with Crippen LogP contribution in [0.5, 0.6) is 5.88 Å². The van der Waals surface area contributed by atoms with E-state index in [0.29, 0.717) is 0 Å². The molecule has 0 aromatic carbocycles. The van der Waals surface area contributed by atoms with Crippen LogP contribution in [0.25, 0.3) is 10.7 Å². The molecule has 0 bridgehead atoms. The molecule has 0 unspecified atom stereocenters. The van der Waals surface area contributed by atoms with Crippen molar-refractivity contribution in [3.63, 3.8) is 0 Å². The molecule has 0 radical (unpaired) electrons. The number of nitrogens with zero attached hydrogens (tertiary/aromatic N) is 4. The number of hydrogen-bond acceptors (Lipinski definition) is 6. The summed E-state index contributed by atoms with van der Waals surface area (Å²) in [7, 11) is 0. The molecule has 0 atom stereocenters. The minimum Gasteiger partial charge on any atom is -0.477 e. The van der Waals surface area contributed by atoms with Gasteiger partial charge in [0.05, 0.1) is 17.2 Å². The van der Waals surface area contributed by atoms with E-state index in [4.69, 9.17) is 9.72 Å². The lowest BCUT2D eigenvalue weighted by atomic mass is 10.1. The summed E-state index contributed by atoms with van der Waals surface area (Å²) in [6.07, 6.45) is 7.35. The van der Waals surface area contributed by atoms with Gasteiger partial charge in [0.1, 0.15) is 0 Å². The number of pyridine rings is 1. The Morgan fingerprint density at radius 1 is 1.19 bits per heavy atom. The van der Waals surface area contributed by atoms with E-state index < -0.39 is 0 Å². The fourth-order valence-corrected chi connectivity index (χ4v) is 4.10. The third-order valence-corrected chi connectivity index (χ3v) is 6.02. The molecule has 1 saturated carbocycles. The molecule has 1 aliphatic carbocycles. The summed E-state index contributed by atoms with van der Waals surface area (Å²) in [6, 6.07) is 8.24. The van der Waals surface area contributed by atoms with Crippen molar-refractivity contribution in [2.75, 3.05) is 13.2 Å². The third kappa shape index (κ3) is 3.87. The maximum atomic E-state index is 5.97. The van der Waals surface area contributed by atoms with Gasteiger partial charge in [-0.2, -0.15) is 0 Å². The van der Waals surface area contributed by atoms with E-state index in [-0.39, 0.29) is 0 Å². The lowest BCUT2D eigenvalue weighted by Crippen LogP contribution is -2.31. The van der Waals surface area contributed by atoms with Gasteiger partial charge in [-0.25, -0.2) is 15.0 Å². The van der Waals surface area contributed by atoms with Crippen LogP contribution in [-0.4, -0.2) is 33.0 Å². The van der Waals surface area contributed by atoms with Crippen LogP contribution in [0.2, 0.25) is 0 Å². The number of rotatable bonds is 6. The molecule has 1 aliphatic heterocycles. The monoisotopic (exact) mass is 378 g/mol. The zero-order chi connectivity index (χ0) is 18.1. The Balaban J connectivity index is 1.29. The van der Waals surface area contributed by atoms with Crippen LogP contribution in [-0.2, 0) is 19.5 Å². The Morgan fingerprint density at radius 3 is 3.00 bits per heavy atom. The second-order valence-electron chi connectivity index (χ2n) is 7.33. The van der Waals surface area contributed by atoms with Gasteiger partial charge in [-0.3, -0.25) is 4.90 Å². The fourth-order valence-electron chi connectivity index (χ4n) is 3.43.